The van der Waals surface area contributed by atoms with E-state index in [1.54, 1.807) is 0 Å². The Labute approximate surface area is 85.7 Å². The Morgan fingerprint density at radius 2 is 2.14 bits per heavy atom. The van der Waals surface area contributed by atoms with Crippen molar-refractivity contribution in [2.45, 2.75) is 33.6 Å². The van der Waals surface area contributed by atoms with Gasteiger partial charge in [-0.05, 0) is 31.9 Å². The molecule has 0 amide bonds. The van der Waals surface area contributed by atoms with E-state index in [2.05, 4.69) is 17.2 Å². The molecule has 0 aliphatic rings. The van der Waals surface area contributed by atoms with Crippen molar-refractivity contribution in [3.63, 3.8) is 0 Å². The smallest absolute Gasteiger partial charge is 0.149 e. The molecule has 1 aromatic rings. The summed E-state index contributed by atoms with van der Waals surface area (Å²) in [6, 6.07) is 1.97. The number of nitrogens with one attached hydrogen (secondary N) is 1. The largest absolute Gasteiger partial charge is 0.396 e. The van der Waals surface area contributed by atoms with Gasteiger partial charge in [-0.25, -0.2) is 4.98 Å². The molecule has 1 aromatic heterocycles. The molecule has 0 atom stereocenters. The number of hydrogen-bond acceptors (Lipinski definition) is 3. The lowest BCUT2D eigenvalue weighted by Gasteiger charge is -2.10. The number of pyridine rings is 1. The van der Waals surface area contributed by atoms with Crippen molar-refractivity contribution >= 4 is 11.5 Å². The Morgan fingerprint density at radius 3 is 2.79 bits per heavy atom. The Morgan fingerprint density at radius 1 is 1.43 bits per heavy atom. The lowest BCUT2D eigenvalue weighted by Crippen LogP contribution is -2.07. The molecular formula is C11H19N3. The third-order valence-corrected chi connectivity index (χ3v) is 2.32. The number of aryl methyl sites for hydroxylation is 2. The van der Waals surface area contributed by atoms with Gasteiger partial charge in [-0.15, -0.1) is 0 Å². The van der Waals surface area contributed by atoms with Gasteiger partial charge in [0.2, 0.25) is 0 Å². The molecule has 0 fully saturated rings. The minimum Gasteiger partial charge on any atom is -0.396 e. The molecule has 14 heavy (non-hydrogen) atoms. The summed E-state index contributed by atoms with van der Waals surface area (Å²) < 4.78 is 0. The maximum Gasteiger partial charge on any atom is 0.149 e. The summed E-state index contributed by atoms with van der Waals surface area (Å²) in [5.41, 5.74) is 8.77. The Hall–Kier alpha value is -1.25. The van der Waals surface area contributed by atoms with Crippen LogP contribution in [0, 0.1) is 13.8 Å². The van der Waals surface area contributed by atoms with Crippen LogP contribution in [-0.2, 0) is 0 Å². The van der Waals surface area contributed by atoms with Crippen molar-refractivity contribution in [1.29, 1.82) is 0 Å². The molecule has 0 aliphatic carbocycles. The van der Waals surface area contributed by atoms with Gasteiger partial charge in [0.05, 0.1) is 5.69 Å². The normalized spacial score (nSPS) is 10.2. The van der Waals surface area contributed by atoms with Crippen LogP contribution in [0.4, 0.5) is 11.5 Å². The molecule has 0 radical (unpaired) electrons. The Kier molecular flexibility index (Phi) is 3.74. The molecule has 3 N–H and O–H groups in total. The molecule has 0 saturated heterocycles. The van der Waals surface area contributed by atoms with Crippen molar-refractivity contribution in [2.75, 3.05) is 17.6 Å². The summed E-state index contributed by atoms with van der Waals surface area (Å²) >= 11 is 0. The van der Waals surface area contributed by atoms with Gasteiger partial charge in [-0.3, -0.25) is 0 Å². The van der Waals surface area contributed by atoms with E-state index >= 15 is 0 Å². The van der Waals surface area contributed by atoms with Crippen LogP contribution >= 0.6 is 0 Å². The summed E-state index contributed by atoms with van der Waals surface area (Å²) in [5, 5.41) is 3.25. The molecule has 1 rings (SSSR count). The van der Waals surface area contributed by atoms with Gasteiger partial charge in [-0.2, -0.15) is 0 Å². The molecule has 0 aliphatic heterocycles. The molecular weight excluding hydrogens is 174 g/mol. The highest BCUT2D eigenvalue weighted by atomic mass is 15.0. The number of nitrogen functional groups attached to an aromatic ring is 1. The molecule has 3 nitrogen and oxygen atoms in total. The number of anilines is 2. The fraction of sp³-hybridized carbons (Fsp3) is 0.545. The van der Waals surface area contributed by atoms with Crippen molar-refractivity contribution in [3.05, 3.63) is 17.3 Å². The van der Waals surface area contributed by atoms with Crippen LogP contribution in [-0.4, -0.2) is 11.5 Å². The monoisotopic (exact) mass is 193 g/mol. The number of aromatic nitrogens is 1. The van der Waals surface area contributed by atoms with Gasteiger partial charge < -0.3 is 11.1 Å². The first kappa shape index (κ1) is 10.8. The van der Waals surface area contributed by atoms with Gasteiger partial charge in [0, 0.05) is 12.2 Å². The van der Waals surface area contributed by atoms with E-state index in [9.17, 15) is 0 Å². The highest BCUT2D eigenvalue weighted by molar-refractivity contribution is 5.62. The maximum absolute atomic E-state index is 5.85. The summed E-state index contributed by atoms with van der Waals surface area (Å²) in [4.78, 5) is 4.41. The molecule has 3 heteroatoms. The first-order valence-electron chi connectivity index (χ1n) is 5.12. The molecule has 0 unspecified atom stereocenters. The fourth-order valence-corrected chi connectivity index (χ4v) is 1.25. The summed E-state index contributed by atoms with van der Waals surface area (Å²) in [5.74, 6) is 0.821. The van der Waals surface area contributed by atoms with Crippen molar-refractivity contribution < 1.29 is 0 Å². The average Bonchev–Trinajstić information content (AvgIpc) is 2.14. The SMILES string of the molecule is CCCCNc1nc(C)c(C)cc1N. The zero-order valence-electron chi connectivity index (χ0n) is 9.22. The quantitative estimate of drug-likeness (QED) is 0.722. The minimum atomic E-state index is 0.740. The van der Waals surface area contributed by atoms with Gasteiger partial charge in [0.15, 0.2) is 0 Å². The van der Waals surface area contributed by atoms with Crippen molar-refractivity contribution in [3.8, 4) is 0 Å². The van der Waals surface area contributed by atoms with Gasteiger partial charge in [0.1, 0.15) is 5.82 Å². The van der Waals surface area contributed by atoms with Crippen LogP contribution < -0.4 is 11.1 Å². The molecule has 1 heterocycles. The van der Waals surface area contributed by atoms with Crippen molar-refractivity contribution in [1.82, 2.24) is 4.98 Å². The van der Waals surface area contributed by atoms with Gasteiger partial charge in [-0.1, -0.05) is 13.3 Å². The second kappa shape index (κ2) is 4.84. The molecule has 0 spiro atoms. The van der Waals surface area contributed by atoms with E-state index in [1.165, 1.54) is 6.42 Å². The summed E-state index contributed by atoms with van der Waals surface area (Å²) in [7, 11) is 0. The second-order valence-corrected chi connectivity index (χ2v) is 3.61. The predicted molar refractivity (Wildman–Crippen MR) is 61.5 cm³/mol. The van der Waals surface area contributed by atoms with Crippen LogP contribution in [0.1, 0.15) is 31.0 Å². The molecule has 0 saturated carbocycles. The fourth-order valence-electron chi connectivity index (χ4n) is 1.25. The summed E-state index contributed by atoms with van der Waals surface area (Å²) in [6.07, 6.45) is 2.33. The number of rotatable bonds is 4. The number of unbranched alkanes of at least 4 members (excludes halogenated alkanes) is 1. The lowest BCUT2D eigenvalue weighted by atomic mass is 10.2. The van der Waals surface area contributed by atoms with E-state index in [4.69, 9.17) is 5.73 Å². The highest BCUT2D eigenvalue weighted by Crippen LogP contribution is 2.18. The van der Waals surface area contributed by atoms with E-state index in [0.29, 0.717) is 0 Å². The predicted octanol–water partition coefficient (Wildman–Crippen LogP) is 2.49. The average molecular weight is 193 g/mol. The molecule has 78 valence electrons. The van der Waals surface area contributed by atoms with Crippen LogP contribution in [0.2, 0.25) is 0 Å². The first-order valence-corrected chi connectivity index (χ1v) is 5.12. The topological polar surface area (TPSA) is 50.9 Å². The third-order valence-electron chi connectivity index (χ3n) is 2.32. The lowest BCUT2D eigenvalue weighted by molar-refractivity contribution is 0.830. The standard InChI is InChI=1S/C11H19N3/c1-4-5-6-13-11-10(12)7-8(2)9(3)14-11/h7H,4-6,12H2,1-3H3,(H,13,14). The van der Waals surface area contributed by atoms with E-state index in [-0.39, 0.29) is 0 Å². The number of hydrogen-bond donors (Lipinski definition) is 2. The van der Waals surface area contributed by atoms with E-state index in [1.807, 2.05) is 19.9 Å². The second-order valence-electron chi connectivity index (χ2n) is 3.61. The zero-order chi connectivity index (χ0) is 10.6. The third kappa shape index (κ3) is 2.62. The Bertz CT molecular complexity index is 308. The van der Waals surface area contributed by atoms with Crippen LogP contribution in [0.25, 0.3) is 0 Å². The van der Waals surface area contributed by atoms with E-state index in [0.717, 1.165) is 35.7 Å². The number of nitrogens with two attached hydrogens (primary N) is 1. The van der Waals surface area contributed by atoms with Gasteiger partial charge in [0.25, 0.3) is 0 Å². The highest BCUT2D eigenvalue weighted by Gasteiger charge is 2.02. The van der Waals surface area contributed by atoms with Crippen LogP contribution in [0.15, 0.2) is 6.07 Å². The summed E-state index contributed by atoms with van der Waals surface area (Å²) in [6.45, 7) is 7.13. The minimum absolute atomic E-state index is 0.740. The number of nitrogens with zero attached hydrogens (tertiary/aromatic N) is 1. The van der Waals surface area contributed by atoms with Crippen LogP contribution in [0.3, 0.4) is 0 Å². The zero-order valence-corrected chi connectivity index (χ0v) is 9.22. The maximum atomic E-state index is 5.85. The molecule has 0 aromatic carbocycles. The van der Waals surface area contributed by atoms with Crippen molar-refractivity contribution in [2.24, 2.45) is 0 Å². The Balaban J connectivity index is 2.72. The van der Waals surface area contributed by atoms with E-state index < -0.39 is 0 Å². The first-order chi connectivity index (χ1) is 6.65. The molecule has 0 bridgehead atoms. The van der Waals surface area contributed by atoms with Gasteiger partial charge >= 0.3 is 0 Å². The van der Waals surface area contributed by atoms with Crippen LogP contribution in [0.5, 0.6) is 0 Å².